The molecule has 2 rings (SSSR count). The van der Waals surface area contributed by atoms with E-state index in [0.717, 1.165) is 29.7 Å². The Kier molecular flexibility index (Phi) is 4.46. The van der Waals surface area contributed by atoms with Crippen molar-refractivity contribution in [2.24, 2.45) is 5.73 Å². The van der Waals surface area contributed by atoms with Crippen molar-refractivity contribution in [2.45, 2.75) is 19.3 Å². The SMILES string of the molecule is C=C/C=C(\C(=C)N)C(=C1CCC1)c1ccc(OC)cc1. The quantitative estimate of drug-likeness (QED) is 0.811. The van der Waals surface area contributed by atoms with Crippen molar-refractivity contribution in [3.63, 3.8) is 0 Å². The molecule has 0 radical (unpaired) electrons. The predicted molar refractivity (Wildman–Crippen MR) is 85.4 cm³/mol. The van der Waals surface area contributed by atoms with E-state index in [1.165, 1.54) is 17.6 Å². The summed E-state index contributed by atoms with van der Waals surface area (Å²) in [6, 6.07) is 8.08. The number of benzene rings is 1. The Labute approximate surface area is 120 Å². The smallest absolute Gasteiger partial charge is 0.118 e. The Hall–Kier alpha value is -2.22. The number of methoxy groups -OCH3 is 1. The van der Waals surface area contributed by atoms with Gasteiger partial charge in [-0.05, 0) is 42.5 Å². The van der Waals surface area contributed by atoms with E-state index in [-0.39, 0.29) is 0 Å². The van der Waals surface area contributed by atoms with Crippen LogP contribution in [0.25, 0.3) is 5.57 Å². The molecule has 104 valence electrons. The highest BCUT2D eigenvalue weighted by Crippen LogP contribution is 2.39. The predicted octanol–water partition coefficient (Wildman–Crippen LogP) is 4.22. The molecular formula is C18H21NO. The fourth-order valence-electron chi connectivity index (χ4n) is 2.38. The van der Waals surface area contributed by atoms with E-state index in [2.05, 4.69) is 25.3 Å². The second-order valence-corrected chi connectivity index (χ2v) is 4.90. The van der Waals surface area contributed by atoms with Crippen LogP contribution in [0.4, 0.5) is 0 Å². The fraction of sp³-hybridized carbons (Fsp3) is 0.222. The van der Waals surface area contributed by atoms with Gasteiger partial charge in [0.2, 0.25) is 0 Å². The lowest BCUT2D eigenvalue weighted by Crippen LogP contribution is -2.08. The Morgan fingerprint density at radius 2 is 1.90 bits per heavy atom. The summed E-state index contributed by atoms with van der Waals surface area (Å²) >= 11 is 0. The van der Waals surface area contributed by atoms with Gasteiger partial charge in [0.1, 0.15) is 5.75 Å². The maximum atomic E-state index is 5.96. The molecule has 1 aliphatic rings. The summed E-state index contributed by atoms with van der Waals surface area (Å²) in [6.07, 6.45) is 7.20. The topological polar surface area (TPSA) is 35.2 Å². The molecule has 2 N–H and O–H groups in total. The first kappa shape index (κ1) is 14.2. The summed E-state index contributed by atoms with van der Waals surface area (Å²) in [6.45, 7) is 7.67. The van der Waals surface area contributed by atoms with Crippen LogP contribution in [0, 0.1) is 0 Å². The molecule has 0 bridgehead atoms. The highest BCUT2D eigenvalue weighted by molar-refractivity contribution is 5.86. The maximum absolute atomic E-state index is 5.96. The maximum Gasteiger partial charge on any atom is 0.118 e. The van der Waals surface area contributed by atoms with Crippen molar-refractivity contribution in [3.8, 4) is 5.75 Å². The van der Waals surface area contributed by atoms with E-state index < -0.39 is 0 Å². The average Bonchev–Trinajstić information content (AvgIpc) is 2.40. The average molecular weight is 267 g/mol. The Bertz CT molecular complexity index is 570. The standard InChI is InChI=1S/C18H21NO/c1-4-6-17(13(2)19)18(14-7-5-8-14)15-9-11-16(20-3)12-10-15/h4,6,9-12H,1-2,5,7-8,19H2,3H3/b17-6+. The molecule has 1 aliphatic carbocycles. The molecule has 1 aromatic rings. The lowest BCUT2D eigenvalue weighted by atomic mass is 9.81. The van der Waals surface area contributed by atoms with Crippen LogP contribution in [0.5, 0.6) is 5.75 Å². The number of ether oxygens (including phenoxy) is 1. The first-order valence-corrected chi connectivity index (χ1v) is 6.81. The monoisotopic (exact) mass is 267 g/mol. The second kappa shape index (κ2) is 6.29. The van der Waals surface area contributed by atoms with Gasteiger partial charge in [-0.2, -0.15) is 0 Å². The highest BCUT2D eigenvalue weighted by atomic mass is 16.5. The molecule has 1 fully saturated rings. The molecule has 0 atom stereocenters. The highest BCUT2D eigenvalue weighted by Gasteiger charge is 2.19. The summed E-state index contributed by atoms with van der Waals surface area (Å²) in [4.78, 5) is 0. The molecule has 0 saturated heterocycles. The molecule has 1 aromatic carbocycles. The summed E-state index contributed by atoms with van der Waals surface area (Å²) in [7, 11) is 1.67. The van der Waals surface area contributed by atoms with E-state index >= 15 is 0 Å². The van der Waals surface area contributed by atoms with E-state index in [1.807, 2.05) is 18.2 Å². The minimum atomic E-state index is 0.579. The summed E-state index contributed by atoms with van der Waals surface area (Å²) < 4.78 is 5.22. The Morgan fingerprint density at radius 3 is 2.30 bits per heavy atom. The van der Waals surface area contributed by atoms with Gasteiger partial charge in [-0.1, -0.05) is 43.0 Å². The van der Waals surface area contributed by atoms with Crippen molar-refractivity contribution in [3.05, 3.63) is 72.0 Å². The van der Waals surface area contributed by atoms with Crippen LogP contribution in [0.15, 0.2) is 66.4 Å². The Balaban J connectivity index is 2.50. The molecule has 2 heteroatoms. The third-order valence-corrected chi connectivity index (χ3v) is 3.59. The molecule has 0 heterocycles. The van der Waals surface area contributed by atoms with Crippen molar-refractivity contribution in [2.75, 3.05) is 7.11 Å². The van der Waals surface area contributed by atoms with E-state index in [0.29, 0.717) is 5.70 Å². The van der Waals surface area contributed by atoms with Gasteiger partial charge in [0.05, 0.1) is 7.11 Å². The van der Waals surface area contributed by atoms with Crippen LogP contribution >= 0.6 is 0 Å². The second-order valence-electron chi connectivity index (χ2n) is 4.90. The number of allylic oxidation sites excluding steroid dienone is 4. The zero-order chi connectivity index (χ0) is 14.5. The molecule has 1 saturated carbocycles. The van der Waals surface area contributed by atoms with Crippen LogP contribution in [0.3, 0.4) is 0 Å². The first-order chi connectivity index (χ1) is 9.67. The largest absolute Gasteiger partial charge is 0.497 e. The molecule has 0 spiro atoms. The zero-order valence-electron chi connectivity index (χ0n) is 12.0. The normalized spacial score (nSPS) is 14.4. The van der Waals surface area contributed by atoms with Crippen LogP contribution in [0.2, 0.25) is 0 Å². The van der Waals surface area contributed by atoms with Crippen LogP contribution in [-0.4, -0.2) is 7.11 Å². The van der Waals surface area contributed by atoms with Gasteiger partial charge in [-0.25, -0.2) is 0 Å². The van der Waals surface area contributed by atoms with Crippen molar-refractivity contribution < 1.29 is 4.74 Å². The van der Waals surface area contributed by atoms with E-state index in [1.54, 1.807) is 13.2 Å². The van der Waals surface area contributed by atoms with Gasteiger partial charge in [0, 0.05) is 11.3 Å². The van der Waals surface area contributed by atoms with Crippen LogP contribution < -0.4 is 10.5 Å². The van der Waals surface area contributed by atoms with Gasteiger partial charge in [0.15, 0.2) is 0 Å². The Morgan fingerprint density at radius 1 is 1.25 bits per heavy atom. The molecule has 20 heavy (non-hydrogen) atoms. The number of nitrogens with two attached hydrogens (primary N) is 1. The molecule has 0 amide bonds. The van der Waals surface area contributed by atoms with Crippen LogP contribution in [0.1, 0.15) is 24.8 Å². The van der Waals surface area contributed by atoms with Crippen molar-refractivity contribution in [1.82, 2.24) is 0 Å². The fourth-order valence-corrected chi connectivity index (χ4v) is 2.38. The van der Waals surface area contributed by atoms with Gasteiger partial charge < -0.3 is 10.5 Å². The molecule has 0 aromatic heterocycles. The van der Waals surface area contributed by atoms with Gasteiger partial charge in [-0.3, -0.25) is 0 Å². The van der Waals surface area contributed by atoms with E-state index in [4.69, 9.17) is 10.5 Å². The lowest BCUT2D eigenvalue weighted by Gasteiger charge is -2.24. The first-order valence-electron chi connectivity index (χ1n) is 6.81. The third kappa shape index (κ3) is 2.85. The summed E-state index contributed by atoms with van der Waals surface area (Å²) in [5.74, 6) is 0.854. The summed E-state index contributed by atoms with van der Waals surface area (Å²) in [5.41, 5.74) is 11.3. The molecule has 2 nitrogen and oxygen atoms in total. The third-order valence-electron chi connectivity index (χ3n) is 3.59. The summed E-state index contributed by atoms with van der Waals surface area (Å²) in [5, 5.41) is 0. The van der Waals surface area contributed by atoms with Crippen molar-refractivity contribution >= 4 is 5.57 Å². The van der Waals surface area contributed by atoms with E-state index in [9.17, 15) is 0 Å². The van der Waals surface area contributed by atoms with Crippen molar-refractivity contribution in [1.29, 1.82) is 0 Å². The minimum Gasteiger partial charge on any atom is -0.497 e. The van der Waals surface area contributed by atoms with Gasteiger partial charge in [0.25, 0.3) is 0 Å². The molecular weight excluding hydrogens is 246 g/mol. The van der Waals surface area contributed by atoms with Gasteiger partial charge >= 0.3 is 0 Å². The minimum absolute atomic E-state index is 0.579. The zero-order valence-corrected chi connectivity index (χ0v) is 12.0. The number of hydrogen-bond acceptors (Lipinski definition) is 2. The molecule has 0 unspecified atom stereocenters. The van der Waals surface area contributed by atoms with Gasteiger partial charge in [-0.15, -0.1) is 0 Å². The number of hydrogen-bond donors (Lipinski definition) is 1. The molecule has 0 aliphatic heterocycles. The lowest BCUT2D eigenvalue weighted by molar-refractivity contribution is 0.415. The van der Waals surface area contributed by atoms with Crippen LogP contribution in [-0.2, 0) is 0 Å². The number of rotatable bonds is 5.